The van der Waals surface area contributed by atoms with Gasteiger partial charge in [-0.15, -0.1) is 0 Å². The van der Waals surface area contributed by atoms with E-state index in [1.54, 1.807) is 0 Å². The summed E-state index contributed by atoms with van der Waals surface area (Å²) in [6.45, 7) is 5.96. The molecule has 1 atom stereocenters. The van der Waals surface area contributed by atoms with E-state index in [4.69, 9.17) is 9.84 Å². The number of rotatable bonds is 13. The van der Waals surface area contributed by atoms with Crippen molar-refractivity contribution >= 4 is 12.0 Å². The van der Waals surface area contributed by atoms with Crippen molar-refractivity contribution in [3.05, 3.63) is 36.4 Å². The third-order valence-electron chi connectivity index (χ3n) is 3.96. The average molecular weight is 318 g/mol. The second-order valence-electron chi connectivity index (χ2n) is 6.00. The lowest BCUT2D eigenvalue weighted by Gasteiger charge is -2.19. The molecule has 1 aromatic rings. The summed E-state index contributed by atoms with van der Waals surface area (Å²) in [5.41, 5.74) is 1.08. The van der Waals surface area contributed by atoms with E-state index in [1.165, 1.54) is 25.7 Å². The van der Waals surface area contributed by atoms with Crippen molar-refractivity contribution in [2.45, 2.75) is 70.8 Å². The first-order valence-corrected chi connectivity index (χ1v) is 8.76. The first-order chi connectivity index (χ1) is 11.2. The van der Waals surface area contributed by atoms with Crippen LogP contribution in [0, 0.1) is 0 Å². The van der Waals surface area contributed by atoms with Crippen LogP contribution in [0.4, 0.5) is 0 Å². The molecule has 23 heavy (non-hydrogen) atoms. The van der Waals surface area contributed by atoms with Gasteiger partial charge in [0.05, 0.1) is 6.10 Å². The molecule has 0 spiro atoms. The number of unbranched alkanes of at least 4 members (excludes halogenated alkanes) is 4. The van der Waals surface area contributed by atoms with Gasteiger partial charge in [-0.05, 0) is 49.8 Å². The number of carbonyl (C=O) groups is 1. The fourth-order valence-electron chi connectivity index (χ4n) is 2.58. The zero-order chi connectivity index (χ0) is 16.9. The number of carboxylic acids is 1. The lowest BCUT2D eigenvalue weighted by atomic mass is 10.0. The Bertz CT molecular complexity index is 450. The quantitative estimate of drug-likeness (QED) is 0.475. The molecule has 0 saturated heterocycles. The van der Waals surface area contributed by atoms with Gasteiger partial charge in [-0.1, -0.05) is 51.0 Å². The Morgan fingerprint density at radius 3 is 2.35 bits per heavy atom. The predicted molar refractivity (Wildman–Crippen MR) is 95.8 cm³/mol. The molecule has 0 aliphatic rings. The van der Waals surface area contributed by atoms with Crippen molar-refractivity contribution in [2.75, 3.05) is 0 Å². The minimum atomic E-state index is -0.717. The number of carboxylic acid groups (broad SMARTS) is 1. The molecular formula is C20H30O3. The van der Waals surface area contributed by atoms with Gasteiger partial charge in [0, 0.05) is 6.42 Å². The van der Waals surface area contributed by atoms with Gasteiger partial charge in [0.25, 0.3) is 0 Å². The zero-order valence-electron chi connectivity index (χ0n) is 14.3. The molecule has 0 saturated carbocycles. The summed E-state index contributed by atoms with van der Waals surface area (Å²) in [6.07, 6.45) is 10.7. The maximum absolute atomic E-state index is 10.6. The highest BCUT2D eigenvalue weighted by Crippen LogP contribution is 2.20. The molecule has 0 fully saturated rings. The molecule has 0 bridgehead atoms. The third-order valence-corrected chi connectivity index (χ3v) is 3.96. The van der Waals surface area contributed by atoms with E-state index >= 15 is 0 Å². The second kappa shape index (κ2) is 11.8. The van der Waals surface area contributed by atoms with Crippen LogP contribution < -0.4 is 4.74 Å². The molecule has 1 N–H and O–H groups in total. The monoisotopic (exact) mass is 318 g/mol. The second-order valence-corrected chi connectivity index (χ2v) is 6.00. The molecule has 128 valence electrons. The molecule has 0 radical (unpaired) electrons. The van der Waals surface area contributed by atoms with Gasteiger partial charge in [-0.3, -0.25) is 4.79 Å². The molecule has 3 heteroatoms. The fraction of sp³-hybridized carbons (Fsp3) is 0.550. The van der Waals surface area contributed by atoms with Crippen LogP contribution in [-0.2, 0) is 4.79 Å². The summed E-state index contributed by atoms with van der Waals surface area (Å²) in [4.78, 5) is 10.6. The van der Waals surface area contributed by atoms with Gasteiger partial charge in [-0.2, -0.15) is 0 Å². The highest BCUT2D eigenvalue weighted by atomic mass is 16.5. The van der Waals surface area contributed by atoms with Gasteiger partial charge >= 0.3 is 5.97 Å². The maximum Gasteiger partial charge on any atom is 0.303 e. The van der Waals surface area contributed by atoms with Crippen molar-refractivity contribution in [2.24, 2.45) is 0 Å². The van der Waals surface area contributed by atoms with Crippen LogP contribution in [0.25, 0.3) is 6.08 Å². The van der Waals surface area contributed by atoms with Crippen LogP contribution >= 0.6 is 0 Å². The number of ether oxygens (including phenoxy) is 1. The van der Waals surface area contributed by atoms with Crippen LogP contribution in [0.1, 0.15) is 70.3 Å². The van der Waals surface area contributed by atoms with Crippen LogP contribution in [0.5, 0.6) is 5.75 Å². The minimum absolute atomic E-state index is 0.176. The van der Waals surface area contributed by atoms with E-state index < -0.39 is 5.97 Å². The number of hydrogen-bond donors (Lipinski definition) is 1. The SMILES string of the molecule is C=Cc1ccc(OC(CCCCCC)CCCCC(=O)O)cc1. The van der Waals surface area contributed by atoms with Crippen molar-refractivity contribution in [3.8, 4) is 5.75 Å². The lowest BCUT2D eigenvalue weighted by Crippen LogP contribution is -2.16. The highest BCUT2D eigenvalue weighted by Gasteiger charge is 2.11. The van der Waals surface area contributed by atoms with Crippen LogP contribution in [0.15, 0.2) is 30.8 Å². The van der Waals surface area contributed by atoms with Gasteiger partial charge in [0.1, 0.15) is 5.75 Å². The topological polar surface area (TPSA) is 46.5 Å². The molecule has 1 unspecified atom stereocenters. The van der Waals surface area contributed by atoms with E-state index in [2.05, 4.69) is 13.5 Å². The Hall–Kier alpha value is -1.77. The third kappa shape index (κ3) is 9.07. The van der Waals surface area contributed by atoms with Crippen molar-refractivity contribution in [3.63, 3.8) is 0 Å². The zero-order valence-corrected chi connectivity index (χ0v) is 14.3. The standard InChI is InChI=1S/C20H30O3/c1-3-5-6-7-10-18(11-8-9-12-20(21)22)23-19-15-13-17(4-2)14-16-19/h4,13-16,18H,2-3,5-12H2,1H3,(H,21,22). The maximum atomic E-state index is 10.6. The first-order valence-electron chi connectivity index (χ1n) is 8.76. The average Bonchev–Trinajstić information content (AvgIpc) is 2.55. The Labute approximate surface area is 140 Å². The molecule has 0 heterocycles. The molecule has 0 aromatic heterocycles. The lowest BCUT2D eigenvalue weighted by molar-refractivity contribution is -0.137. The van der Waals surface area contributed by atoms with Crippen LogP contribution in [0.2, 0.25) is 0 Å². The Kier molecular flexibility index (Phi) is 9.85. The summed E-state index contributed by atoms with van der Waals surface area (Å²) < 4.78 is 6.12. The summed E-state index contributed by atoms with van der Waals surface area (Å²) >= 11 is 0. The first kappa shape index (κ1) is 19.3. The van der Waals surface area contributed by atoms with E-state index in [9.17, 15) is 4.79 Å². The Morgan fingerprint density at radius 2 is 1.78 bits per heavy atom. The molecule has 1 rings (SSSR count). The Morgan fingerprint density at radius 1 is 1.13 bits per heavy atom. The van der Waals surface area contributed by atoms with Crippen LogP contribution in [-0.4, -0.2) is 17.2 Å². The van der Waals surface area contributed by atoms with Crippen molar-refractivity contribution < 1.29 is 14.6 Å². The summed E-state index contributed by atoms with van der Waals surface area (Å²) in [6, 6.07) is 7.96. The molecule has 0 aliphatic heterocycles. The molecular weight excluding hydrogens is 288 g/mol. The molecule has 0 aliphatic carbocycles. The summed E-state index contributed by atoms with van der Waals surface area (Å²) in [5, 5.41) is 8.72. The number of benzene rings is 1. The summed E-state index contributed by atoms with van der Waals surface area (Å²) in [7, 11) is 0. The van der Waals surface area contributed by atoms with Gasteiger partial charge < -0.3 is 9.84 Å². The van der Waals surface area contributed by atoms with E-state index in [0.717, 1.165) is 37.0 Å². The number of aliphatic carboxylic acids is 1. The van der Waals surface area contributed by atoms with Gasteiger partial charge in [0.2, 0.25) is 0 Å². The van der Waals surface area contributed by atoms with E-state index in [-0.39, 0.29) is 12.5 Å². The van der Waals surface area contributed by atoms with Crippen molar-refractivity contribution in [1.29, 1.82) is 0 Å². The fourth-order valence-corrected chi connectivity index (χ4v) is 2.58. The smallest absolute Gasteiger partial charge is 0.303 e. The highest BCUT2D eigenvalue weighted by molar-refractivity contribution is 5.66. The molecule has 1 aromatic carbocycles. The van der Waals surface area contributed by atoms with Gasteiger partial charge in [-0.25, -0.2) is 0 Å². The Balaban J connectivity index is 2.46. The minimum Gasteiger partial charge on any atom is -0.490 e. The number of hydrogen-bond acceptors (Lipinski definition) is 2. The van der Waals surface area contributed by atoms with E-state index in [0.29, 0.717) is 0 Å². The van der Waals surface area contributed by atoms with Gasteiger partial charge in [0.15, 0.2) is 0 Å². The summed E-state index contributed by atoms with van der Waals surface area (Å²) in [5.74, 6) is 0.166. The van der Waals surface area contributed by atoms with Crippen molar-refractivity contribution in [1.82, 2.24) is 0 Å². The largest absolute Gasteiger partial charge is 0.490 e. The molecule has 3 nitrogen and oxygen atoms in total. The molecule has 0 amide bonds. The predicted octanol–water partition coefficient (Wildman–Crippen LogP) is 5.69. The van der Waals surface area contributed by atoms with E-state index in [1.807, 2.05) is 30.3 Å². The normalized spacial score (nSPS) is 11.9. The van der Waals surface area contributed by atoms with Crippen LogP contribution in [0.3, 0.4) is 0 Å².